The highest BCUT2D eigenvalue weighted by Crippen LogP contribution is 2.33. The fraction of sp³-hybridized carbons (Fsp3) is 0.308. The Balaban J connectivity index is 2.18. The Hall–Kier alpha value is -2.25. The molecule has 0 radical (unpaired) electrons. The molecule has 1 aliphatic heterocycles. The molecule has 1 fully saturated rings. The summed E-state index contributed by atoms with van der Waals surface area (Å²) >= 11 is 0. The lowest BCUT2D eigenvalue weighted by Crippen LogP contribution is -2.18. The molecule has 20 heavy (non-hydrogen) atoms. The zero-order valence-corrected chi connectivity index (χ0v) is 10.7. The summed E-state index contributed by atoms with van der Waals surface area (Å²) in [6.07, 6.45) is 2.70. The molecule has 3 rings (SSSR count). The number of ether oxygens (including phenoxy) is 1. The summed E-state index contributed by atoms with van der Waals surface area (Å²) in [5, 5.41) is 9.44. The second kappa shape index (κ2) is 4.69. The van der Waals surface area contributed by atoms with Crippen molar-refractivity contribution in [2.45, 2.75) is 18.8 Å². The summed E-state index contributed by atoms with van der Waals surface area (Å²) in [6.45, 7) is 3.87. The third-order valence-corrected chi connectivity index (χ3v) is 3.35. The highest BCUT2D eigenvalue weighted by Gasteiger charge is 2.30. The van der Waals surface area contributed by atoms with Gasteiger partial charge >= 0.3 is 0 Å². The van der Waals surface area contributed by atoms with Crippen LogP contribution in [0, 0.1) is 0 Å². The normalized spacial score (nSPS) is 22.6. The van der Waals surface area contributed by atoms with Gasteiger partial charge in [-0.3, -0.25) is 4.79 Å². The van der Waals surface area contributed by atoms with Crippen LogP contribution in [0.5, 0.6) is 0 Å². The fourth-order valence-electron chi connectivity index (χ4n) is 2.40. The third-order valence-electron chi connectivity index (χ3n) is 3.35. The van der Waals surface area contributed by atoms with Crippen LogP contribution in [0.15, 0.2) is 35.5 Å². The number of anilines is 1. The highest BCUT2D eigenvalue weighted by atomic mass is 16.5. The summed E-state index contributed by atoms with van der Waals surface area (Å²) in [4.78, 5) is 19.8. The number of aliphatic hydroxyl groups is 1. The molecule has 7 nitrogen and oxygen atoms in total. The Morgan fingerprint density at radius 1 is 1.55 bits per heavy atom. The highest BCUT2D eigenvalue weighted by molar-refractivity contribution is 5.84. The first-order valence-electron chi connectivity index (χ1n) is 6.17. The Kier molecular flexibility index (Phi) is 3.00. The lowest BCUT2D eigenvalue weighted by Gasteiger charge is -2.18. The molecule has 0 unspecified atom stereocenters. The van der Waals surface area contributed by atoms with Gasteiger partial charge in [-0.25, -0.2) is 9.97 Å². The van der Waals surface area contributed by atoms with Gasteiger partial charge in [-0.1, -0.05) is 6.58 Å². The molecule has 3 N–H and O–H groups in total. The number of fused-ring (bicyclic) bond motifs is 1. The van der Waals surface area contributed by atoms with E-state index in [4.69, 9.17) is 10.5 Å². The van der Waals surface area contributed by atoms with Crippen molar-refractivity contribution in [1.82, 2.24) is 14.5 Å². The minimum absolute atomic E-state index is 0.0786. The number of nitrogen functional groups attached to an aromatic ring is 1. The van der Waals surface area contributed by atoms with Gasteiger partial charge in [-0.2, -0.15) is 0 Å². The van der Waals surface area contributed by atoms with Crippen LogP contribution in [0.2, 0.25) is 0 Å². The average molecular weight is 274 g/mol. The quantitative estimate of drug-likeness (QED) is 0.759. The van der Waals surface area contributed by atoms with Crippen molar-refractivity contribution in [2.75, 3.05) is 12.3 Å². The average Bonchev–Trinajstić information content (AvgIpc) is 2.80. The summed E-state index contributed by atoms with van der Waals surface area (Å²) < 4.78 is 7.39. The smallest absolute Gasteiger partial charge is 0.194 e. The van der Waals surface area contributed by atoms with Gasteiger partial charge in [-0.05, 0) is 5.57 Å². The molecule has 0 spiro atoms. The molecule has 2 aromatic rings. The monoisotopic (exact) mass is 274 g/mol. The zero-order chi connectivity index (χ0) is 14.3. The molecule has 2 aromatic heterocycles. The SMILES string of the molecule is C=C1C[C@@H](CO)O[C@H]1n1ccc(=O)c2c(N)ncnc21. The Morgan fingerprint density at radius 2 is 2.35 bits per heavy atom. The van der Waals surface area contributed by atoms with Gasteiger partial charge in [0.05, 0.1) is 12.7 Å². The van der Waals surface area contributed by atoms with E-state index in [9.17, 15) is 9.90 Å². The minimum atomic E-state index is -0.468. The molecule has 0 saturated carbocycles. The fourth-order valence-corrected chi connectivity index (χ4v) is 2.40. The topological polar surface area (TPSA) is 103 Å². The summed E-state index contributed by atoms with van der Waals surface area (Å²) in [5.74, 6) is 0.136. The molecule has 3 heterocycles. The van der Waals surface area contributed by atoms with E-state index in [1.54, 1.807) is 10.8 Å². The van der Waals surface area contributed by atoms with Gasteiger partial charge in [0.25, 0.3) is 0 Å². The standard InChI is InChI=1S/C13H14N4O3/c1-7-4-8(5-18)20-13(7)17-3-2-9(19)10-11(14)15-6-16-12(10)17/h2-3,6,8,13,18H,1,4-5H2,(H2,14,15,16)/t8-,13+/m0/s1. The number of hydrogen-bond donors (Lipinski definition) is 2. The number of hydrogen-bond acceptors (Lipinski definition) is 6. The van der Waals surface area contributed by atoms with E-state index in [2.05, 4.69) is 16.5 Å². The predicted molar refractivity (Wildman–Crippen MR) is 73.0 cm³/mol. The molecule has 0 amide bonds. The Labute approximate surface area is 114 Å². The van der Waals surface area contributed by atoms with Gasteiger partial charge in [0.15, 0.2) is 17.3 Å². The molecule has 104 valence electrons. The molecule has 7 heteroatoms. The van der Waals surface area contributed by atoms with E-state index < -0.39 is 6.23 Å². The molecule has 2 atom stereocenters. The second-order valence-electron chi connectivity index (χ2n) is 4.70. The summed E-state index contributed by atoms with van der Waals surface area (Å²) in [5.41, 5.74) is 6.72. The van der Waals surface area contributed by atoms with Gasteiger partial charge in [0, 0.05) is 18.7 Å². The van der Waals surface area contributed by atoms with Gasteiger partial charge in [0.1, 0.15) is 17.5 Å². The van der Waals surface area contributed by atoms with E-state index >= 15 is 0 Å². The first-order chi connectivity index (χ1) is 9.61. The van der Waals surface area contributed by atoms with E-state index in [0.29, 0.717) is 12.1 Å². The van der Waals surface area contributed by atoms with Crippen molar-refractivity contribution in [3.05, 3.63) is 41.0 Å². The van der Waals surface area contributed by atoms with Crippen LogP contribution >= 0.6 is 0 Å². The van der Waals surface area contributed by atoms with E-state index in [1.807, 2.05) is 0 Å². The maximum Gasteiger partial charge on any atom is 0.194 e. The van der Waals surface area contributed by atoms with Crippen LogP contribution in [0.3, 0.4) is 0 Å². The third kappa shape index (κ3) is 1.87. The van der Waals surface area contributed by atoms with Crippen molar-refractivity contribution in [2.24, 2.45) is 0 Å². The number of pyridine rings is 1. The maximum absolute atomic E-state index is 11.9. The number of nitrogens with two attached hydrogens (primary N) is 1. The second-order valence-corrected chi connectivity index (χ2v) is 4.70. The van der Waals surface area contributed by atoms with Crippen LogP contribution in [0.1, 0.15) is 12.6 Å². The van der Waals surface area contributed by atoms with Crippen molar-refractivity contribution in [1.29, 1.82) is 0 Å². The van der Waals surface area contributed by atoms with E-state index in [1.165, 1.54) is 12.4 Å². The number of rotatable bonds is 2. The first-order valence-corrected chi connectivity index (χ1v) is 6.17. The number of nitrogens with zero attached hydrogens (tertiary/aromatic N) is 3. The van der Waals surface area contributed by atoms with E-state index in [0.717, 1.165) is 5.57 Å². The molecular formula is C13H14N4O3. The van der Waals surface area contributed by atoms with Crippen molar-refractivity contribution in [3.8, 4) is 0 Å². The first kappa shape index (κ1) is 12.8. The van der Waals surface area contributed by atoms with Gasteiger partial charge in [-0.15, -0.1) is 0 Å². The van der Waals surface area contributed by atoms with Crippen LogP contribution in [0.4, 0.5) is 5.82 Å². The van der Waals surface area contributed by atoms with Crippen LogP contribution in [0.25, 0.3) is 11.0 Å². The summed E-state index contributed by atoms with van der Waals surface area (Å²) in [7, 11) is 0. The largest absolute Gasteiger partial charge is 0.394 e. The Morgan fingerprint density at radius 3 is 3.05 bits per heavy atom. The molecule has 1 saturated heterocycles. The molecule has 0 aromatic carbocycles. The molecule has 0 aliphatic carbocycles. The van der Waals surface area contributed by atoms with Gasteiger partial charge < -0.3 is 20.1 Å². The van der Waals surface area contributed by atoms with Crippen LogP contribution < -0.4 is 11.2 Å². The molecule has 0 bridgehead atoms. The van der Waals surface area contributed by atoms with Gasteiger partial charge in [0.2, 0.25) is 0 Å². The predicted octanol–water partition coefficient (Wildman–Crippen LogP) is 0.210. The minimum Gasteiger partial charge on any atom is -0.394 e. The number of aromatic nitrogens is 3. The molecule has 1 aliphatic rings. The van der Waals surface area contributed by atoms with Crippen molar-refractivity contribution >= 4 is 16.9 Å². The Bertz CT molecular complexity index is 740. The van der Waals surface area contributed by atoms with Crippen LogP contribution in [-0.4, -0.2) is 32.4 Å². The zero-order valence-electron chi connectivity index (χ0n) is 10.7. The molecular weight excluding hydrogens is 260 g/mol. The lowest BCUT2D eigenvalue weighted by molar-refractivity contribution is -0.0133. The van der Waals surface area contributed by atoms with Crippen LogP contribution in [-0.2, 0) is 4.74 Å². The van der Waals surface area contributed by atoms with Crippen molar-refractivity contribution in [3.63, 3.8) is 0 Å². The maximum atomic E-state index is 11.9. The van der Waals surface area contributed by atoms with E-state index in [-0.39, 0.29) is 29.3 Å². The number of aliphatic hydroxyl groups excluding tert-OH is 1. The van der Waals surface area contributed by atoms with Crippen molar-refractivity contribution < 1.29 is 9.84 Å². The lowest BCUT2D eigenvalue weighted by atomic mass is 10.1. The summed E-state index contributed by atoms with van der Waals surface area (Å²) in [6, 6.07) is 1.39.